The smallest absolute Gasteiger partial charge is 0.319 e. The van der Waals surface area contributed by atoms with Crippen molar-refractivity contribution in [1.29, 1.82) is 0 Å². The van der Waals surface area contributed by atoms with Crippen molar-refractivity contribution in [2.75, 3.05) is 36.4 Å². The first-order valence-corrected chi connectivity index (χ1v) is 12.0. The molecule has 0 saturated carbocycles. The van der Waals surface area contributed by atoms with E-state index in [1.54, 1.807) is 4.90 Å². The van der Waals surface area contributed by atoms with Crippen LogP contribution in [-0.2, 0) is 16.0 Å². The van der Waals surface area contributed by atoms with Crippen LogP contribution in [0.15, 0.2) is 29.6 Å². The topological polar surface area (TPSA) is 94.6 Å². The molecule has 1 aromatic carbocycles. The summed E-state index contributed by atoms with van der Waals surface area (Å²) in [6.45, 7) is 4.59. The van der Waals surface area contributed by atoms with Gasteiger partial charge >= 0.3 is 6.03 Å². The third-order valence-corrected chi connectivity index (χ3v) is 6.82. The van der Waals surface area contributed by atoms with Crippen LogP contribution >= 0.6 is 11.3 Å². The molecule has 3 heterocycles. The monoisotopic (exact) mass is 455 g/mol. The molecule has 2 N–H and O–H groups in total. The van der Waals surface area contributed by atoms with E-state index in [-0.39, 0.29) is 30.2 Å². The second kappa shape index (κ2) is 10.1. The Labute approximate surface area is 192 Å². The van der Waals surface area contributed by atoms with Crippen molar-refractivity contribution in [3.05, 3.63) is 40.9 Å². The molecule has 9 heteroatoms. The molecular weight excluding hydrogens is 426 g/mol. The number of urea groups is 1. The highest BCUT2D eigenvalue weighted by molar-refractivity contribution is 7.14. The van der Waals surface area contributed by atoms with Crippen LogP contribution < -0.4 is 15.5 Å². The van der Waals surface area contributed by atoms with Crippen molar-refractivity contribution in [3.8, 4) is 0 Å². The van der Waals surface area contributed by atoms with Crippen LogP contribution in [0.2, 0.25) is 0 Å². The number of amides is 4. The normalized spacial score (nSPS) is 18.7. The lowest BCUT2D eigenvalue weighted by Gasteiger charge is -2.32. The number of piperidine rings is 1. The van der Waals surface area contributed by atoms with Gasteiger partial charge in [0.05, 0.1) is 12.1 Å². The summed E-state index contributed by atoms with van der Waals surface area (Å²) in [5.74, 6) is 0.378. The number of hydrogen-bond donors (Lipinski definition) is 2. The summed E-state index contributed by atoms with van der Waals surface area (Å²) in [5, 5.41) is 8.33. The van der Waals surface area contributed by atoms with Crippen molar-refractivity contribution in [2.24, 2.45) is 5.92 Å². The zero-order chi connectivity index (χ0) is 22.5. The maximum absolute atomic E-state index is 12.8. The minimum absolute atomic E-state index is 0.0448. The molecule has 170 valence electrons. The van der Waals surface area contributed by atoms with Gasteiger partial charge in [0.1, 0.15) is 0 Å². The molecule has 2 aliphatic rings. The van der Waals surface area contributed by atoms with E-state index < -0.39 is 0 Å². The van der Waals surface area contributed by atoms with E-state index >= 15 is 0 Å². The van der Waals surface area contributed by atoms with E-state index in [4.69, 9.17) is 0 Å². The second-order valence-corrected chi connectivity index (χ2v) is 9.33. The second-order valence-electron chi connectivity index (χ2n) is 8.50. The summed E-state index contributed by atoms with van der Waals surface area (Å²) in [6.07, 6.45) is 3.57. The fourth-order valence-electron chi connectivity index (χ4n) is 4.13. The molecular formula is C23H29N5O3S. The molecule has 0 bridgehead atoms. The maximum atomic E-state index is 12.8. The van der Waals surface area contributed by atoms with Gasteiger partial charge in [-0.1, -0.05) is 17.7 Å². The number of thiazole rings is 1. The summed E-state index contributed by atoms with van der Waals surface area (Å²) in [6, 6.07) is 7.42. The third-order valence-electron chi connectivity index (χ3n) is 5.91. The van der Waals surface area contributed by atoms with Crippen LogP contribution in [0.4, 0.5) is 15.6 Å². The number of benzene rings is 1. The quantitative estimate of drug-likeness (QED) is 0.699. The average Bonchev–Trinajstić information content (AvgIpc) is 3.42. The highest BCUT2D eigenvalue weighted by Crippen LogP contribution is 2.26. The van der Waals surface area contributed by atoms with Crippen LogP contribution in [-0.4, -0.2) is 53.9 Å². The van der Waals surface area contributed by atoms with Crippen LogP contribution in [0.25, 0.3) is 0 Å². The summed E-state index contributed by atoms with van der Waals surface area (Å²) < 4.78 is 0. The number of aryl methyl sites for hydroxylation is 1. The van der Waals surface area contributed by atoms with Gasteiger partial charge in [-0.05, 0) is 44.2 Å². The predicted octanol–water partition coefficient (Wildman–Crippen LogP) is 3.18. The Morgan fingerprint density at radius 3 is 2.75 bits per heavy atom. The molecule has 1 aromatic heterocycles. The van der Waals surface area contributed by atoms with E-state index in [1.807, 2.05) is 41.5 Å². The number of aromatic nitrogens is 1. The van der Waals surface area contributed by atoms with Crippen LogP contribution in [0.1, 0.15) is 36.9 Å². The molecule has 0 spiro atoms. The molecule has 0 radical (unpaired) electrons. The molecule has 1 unspecified atom stereocenters. The Balaban J connectivity index is 1.24. The molecule has 4 rings (SSSR count). The van der Waals surface area contributed by atoms with Gasteiger partial charge in [0.15, 0.2) is 5.13 Å². The van der Waals surface area contributed by atoms with Crippen molar-refractivity contribution >= 4 is 40.0 Å². The van der Waals surface area contributed by atoms with Crippen molar-refractivity contribution in [3.63, 3.8) is 0 Å². The van der Waals surface area contributed by atoms with Gasteiger partial charge in [-0.15, -0.1) is 11.3 Å². The molecule has 1 atom stereocenters. The summed E-state index contributed by atoms with van der Waals surface area (Å²) >= 11 is 1.42. The molecule has 8 nitrogen and oxygen atoms in total. The third kappa shape index (κ3) is 5.64. The standard InChI is InChI=1S/C23H29N5O3S/c1-16-6-8-18(9-7-16)25-22(31)24-13-17-4-2-10-27(14-17)21(30)12-19-15-32-23(26-19)28-11-3-5-20(28)29/h6-9,15,17H,2-5,10-14H2,1H3,(H2,24,25,31). The fourth-order valence-corrected chi connectivity index (χ4v) is 4.99. The SMILES string of the molecule is Cc1ccc(NC(=O)NCC2CCCN(C(=O)Cc3csc(N4CCCC4=O)n3)C2)cc1. The Morgan fingerprint density at radius 2 is 2.00 bits per heavy atom. The number of nitrogens with zero attached hydrogens (tertiary/aromatic N) is 3. The summed E-state index contributed by atoms with van der Waals surface area (Å²) in [7, 11) is 0. The van der Waals surface area contributed by atoms with Gasteiger partial charge in [0.2, 0.25) is 11.8 Å². The van der Waals surface area contributed by atoms with E-state index in [9.17, 15) is 14.4 Å². The Kier molecular flexibility index (Phi) is 7.04. The summed E-state index contributed by atoms with van der Waals surface area (Å²) in [5.41, 5.74) is 2.61. The molecule has 0 aliphatic carbocycles. The minimum Gasteiger partial charge on any atom is -0.342 e. The highest BCUT2D eigenvalue weighted by atomic mass is 32.1. The van der Waals surface area contributed by atoms with Crippen molar-refractivity contribution in [1.82, 2.24) is 15.2 Å². The van der Waals surface area contributed by atoms with Gasteiger partial charge in [-0.2, -0.15) is 0 Å². The zero-order valence-electron chi connectivity index (χ0n) is 18.3. The number of nitrogens with one attached hydrogen (secondary N) is 2. The Bertz CT molecular complexity index is 974. The predicted molar refractivity (Wildman–Crippen MR) is 125 cm³/mol. The first-order chi connectivity index (χ1) is 15.5. The van der Waals surface area contributed by atoms with E-state index in [2.05, 4.69) is 15.6 Å². The lowest BCUT2D eigenvalue weighted by atomic mass is 9.97. The number of carbonyl (C=O) groups is 3. The Morgan fingerprint density at radius 1 is 1.19 bits per heavy atom. The largest absolute Gasteiger partial charge is 0.342 e. The van der Waals surface area contributed by atoms with Crippen molar-refractivity contribution in [2.45, 2.75) is 39.0 Å². The fraction of sp³-hybridized carbons (Fsp3) is 0.478. The van der Waals surface area contributed by atoms with Gasteiger partial charge in [-0.3, -0.25) is 14.5 Å². The molecule has 2 fully saturated rings. The average molecular weight is 456 g/mol. The number of anilines is 2. The zero-order valence-corrected chi connectivity index (χ0v) is 19.1. The van der Waals surface area contributed by atoms with E-state index in [0.717, 1.165) is 37.1 Å². The lowest BCUT2D eigenvalue weighted by molar-refractivity contribution is -0.132. The molecule has 2 aliphatic heterocycles. The highest BCUT2D eigenvalue weighted by Gasteiger charge is 2.27. The van der Waals surface area contributed by atoms with E-state index in [1.165, 1.54) is 11.3 Å². The molecule has 2 aromatic rings. The van der Waals surface area contributed by atoms with Gasteiger partial charge in [0, 0.05) is 43.7 Å². The van der Waals surface area contributed by atoms with E-state index in [0.29, 0.717) is 36.9 Å². The number of likely N-dealkylation sites (tertiary alicyclic amines) is 1. The van der Waals surface area contributed by atoms with Crippen LogP contribution in [0.3, 0.4) is 0 Å². The first-order valence-electron chi connectivity index (χ1n) is 11.1. The number of rotatable bonds is 6. The van der Waals surface area contributed by atoms with Gasteiger partial charge < -0.3 is 15.5 Å². The van der Waals surface area contributed by atoms with Gasteiger partial charge in [-0.25, -0.2) is 9.78 Å². The van der Waals surface area contributed by atoms with Crippen molar-refractivity contribution < 1.29 is 14.4 Å². The van der Waals surface area contributed by atoms with Crippen LogP contribution in [0, 0.1) is 12.8 Å². The minimum atomic E-state index is -0.233. The molecule has 32 heavy (non-hydrogen) atoms. The number of carbonyl (C=O) groups excluding carboxylic acids is 3. The lowest BCUT2D eigenvalue weighted by Crippen LogP contribution is -2.44. The molecule has 2 saturated heterocycles. The molecule has 4 amide bonds. The number of hydrogen-bond acceptors (Lipinski definition) is 5. The van der Waals surface area contributed by atoms with Gasteiger partial charge in [0.25, 0.3) is 0 Å². The summed E-state index contributed by atoms with van der Waals surface area (Å²) in [4.78, 5) is 45.0. The van der Waals surface area contributed by atoms with Crippen LogP contribution in [0.5, 0.6) is 0 Å². The Hall–Kier alpha value is -2.94. The maximum Gasteiger partial charge on any atom is 0.319 e. The first kappa shape index (κ1) is 22.3.